The highest BCUT2D eigenvalue weighted by atomic mass is 127. The van der Waals surface area contributed by atoms with Crippen LogP contribution in [-0.2, 0) is 6.42 Å². The zero-order valence-corrected chi connectivity index (χ0v) is 18.4. The van der Waals surface area contributed by atoms with Crippen LogP contribution in [0.25, 0.3) is 10.9 Å². The lowest BCUT2D eigenvalue weighted by molar-refractivity contribution is 0.231. The monoisotopic (exact) mass is 475 g/mol. The lowest BCUT2D eigenvalue weighted by Crippen LogP contribution is -2.46. The Kier molecular flexibility index (Phi) is 9.93. The maximum atomic E-state index is 13.2. The summed E-state index contributed by atoms with van der Waals surface area (Å²) < 4.78 is 13.2. The van der Waals surface area contributed by atoms with E-state index in [-0.39, 0.29) is 29.8 Å². The highest BCUT2D eigenvalue weighted by Crippen LogP contribution is 2.19. The van der Waals surface area contributed by atoms with Crippen molar-refractivity contribution in [1.82, 2.24) is 20.5 Å². The number of hydrogen-bond donors (Lipinski definition) is 3. The van der Waals surface area contributed by atoms with Gasteiger partial charge in [-0.25, -0.2) is 4.39 Å². The molecule has 0 saturated heterocycles. The second-order valence-corrected chi connectivity index (χ2v) is 6.20. The standard InChI is InChI=1S/C19H30FN5.HI/c1-5-25(6-2)14(3)12-24-19(21-4)22-10-9-15-13-23-18-11-16(20)7-8-17(15)18;/h7-8,11,13-14,23H,5-6,9-10,12H2,1-4H3,(H2,21,22,24);1H. The summed E-state index contributed by atoms with van der Waals surface area (Å²) in [5.41, 5.74) is 2.01. The lowest BCUT2D eigenvalue weighted by Gasteiger charge is -2.27. The Labute approximate surface area is 172 Å². The van der Waals surface area contributed by atoms with Crippen molar-refractivity contribution >= 4 is 40.8 Å². The fraction of sp³-hybridized carbons (Fsp3) is 0.526. The predicted molar refractivity (Wildman–Crippen MR) is 119 cm³/mol. The molecule has 0 aliphatic rings. The first-order chi connectivity index (χ1) is 12.1. The van der Waals surface area contributed by atoms with Gasteiger partial charge in [0.2, 0.25) is 0 Å². The smallest absolute Gasteiger partial charge is 0.191 e. The van der Waals surface area contributed by atoms with Crippen LogP contribution in [0.5, 0.6) is 0 Å². The van der Waals surface area contributed by atoms with E-state index in [2.05, 4.69) is 46.3 Å². The summed E-state index contributed by atoms with van der Waals surface area (Å²) in [6, 6.07) is 5.32. The first kappa shape index (κ1) is 22.7. The number of likely N-dealkylation sites (N-methyl/N-ethyl adjacent to an activating group) is 1. The summed E-state index contributed by atoms with van der Waals surface area (Å²) in [5.74, 6) is 0.593. The number of aromatic nitrogens is 1. The van der Waals surface area contributed by atoms with Crippen molar-refractivity contribution in [2.45, 2.75) is 33.2 Å². The molecule has 3 N–H and O–H groups in total. The van der Waals surface area contributed by atoms with E-state index in [4.69, 9.17) is 0 Å². The number of hydrogen-bond acceptors (Lipinski definition) is 2. The van der Waals surface area contributed by atoms with E-state index in [1.54, 1.807) is 7.05 Å². The van der Waals surface area contributed by atoms with E-state index in [1.165, 1.54) is 17.7 Å². The van der Waals surface area contributed by atoms with Crippen LogP contribution in [-0.4, -0.2) is 55.1 Å². The maximum absolute atomic E-state index is 13.2. The van der Waals surface area contributed by atoms with Crippen molar-refractivity contribution in [3.63, 3.8) is 0 Å². The second kappa shape index (κ2) is 11.4. The Morgan fingerprint density at radius 1 is 1.27 bits per heavy atom. The van der Waals surface area contributed by atoms with Crippen molar-refractivity contribution in [2.24, 2.45) is 4.99 Å². The number of nitrogens with zero attached hydrogens (tertiary/aromatic N) is 2. The van der Waals surface area contributed by atoms with Crippen LogP contribution in [0.4, 0.5) is 4.39 Å². The molecule has 2 aromatic rings. The summed E-state index contributed by atoms with van der Waals surface area (Å²) >= 11 is 0. The number of aromatic amines is 1. The summed E-state index contributed by atoms with van der Waals surface area (Å²) in [6.07, 6.45) is 2.79. The quantitative estimate of drug-likeness (QED) is 0.312. The number of H-pyrrole nitrogens is 1. The van der Waals surface area contributed by atoms with Crippen LogP contribution in [0.3, 0.4) is 0 Å². The number of halogens is 2. The van der Waals surface area contributed by atoms with Gasteiger partial charge in [0.1, 0.15) is 5.82 Å². The van der Waals surface area contributed by atoms with Crippen LogP contribution in [0.1, 0.15) is 26.3 Å². The number of fused-ring (bicyclic) bond motifs is 1. The zero-order valence-electron chi connectivity index (χ0n) is 16.1. The number of guanidine groups is 1. The molecule has 0 saturated carbocycles. The Balaban J connectivity index is 0.00000338. The van der Waals surface area contributed by atoms with Gasteiger partial charge in [-0.1, -0.05) is 13.8 Å². The third kappa shape index (κ3) is 6.12. The van der Waals surface area contributed by atoms with Crippen molar-refractivity contribution in [3.8, 4) is 0 Å². The molecule has 2 rings (SSSR count). The molecule has 1 heterocycles. The summed E-state index contributed by atoms with van der Waals surface area (Å²) in [6.45, 7) is 10.3. The maximum Gasteiger partial charge on any atom is 0.191 e. The van der Waals surface area contributed by atoms with E-state index >= 15 is 0 Å². The van der Waals surface area contributed by atoms with Crippen LogP contribution < -0.4 is 10.6 Å². The van der Waals surface area contributed by atoms with Gasteiger partial charge in [-0.2, -0.15) is 0 Å². The van der Waals surface area contributed by atoms with Crippen LogP contribution in [0.2, 0.25) is 0 Å². The molecule has 5 nitrogen and oxygen atoms in total. The number of aliphatic imine (C=N–C) groups is 1. The second-order valence-electron chi connectivity index (χ2n) is 6.20. The average molecular weight is 475 g/mol. The van der Waals surface area contributed by atoms with E-state index in [0.717, 1.165) is 49.5 Å². The minimum atomic E-state index is -0.217. The van der Waals surface area contributed by atoms with Gasteiger partial charge >= 0.3 is 0 Å². The molecule has 0 aliphatic carbocycles. The van der Waals surface area contributed by atoms with E-state index < -0.39 is 0 Å². The minimum Gasteiger partial charge on any atom is -0.361 e. The minimum absolute atomic E-state index is 0. The third-order valence-corrected chi connectivity index (χ3v) is 4.64. The van der Waals surface area contributed by atoms with Crippen LogP contribution in [0, 0.1) is 5.82 Å². The summed E-state index contributed by atoms with van der Waals surface area (Å²) in [4.78, 5) is 9.82. The molecule has 0 bridgehead atoms. The van der Waals surface area contributed by atoms with Crippen molar-refractivity contribution in [3.05, 3.63) is 35.8 Å². The molecule has 0 spiro atoms. The van der Waals surface area contributed by atoms with Gasteiger partial charge < -0.3 is 15.6 Å². The molecule has 0 radical (unpaired) electrons. The summed E-state index contributed by atoms with van der Waals surface area (Å²) in [5, 5.41) is 7.80. The first-order valence-corrected chi connectivity index (χ1v) is 9.03. The molecular formula is C19H31FIN5. The van der Waals surface area contributed by atoms with Gasteiger partial charge in [0, 0.05) is 43.3 Å². The van der Waals surface area contributed by atoms with Crippen LogP contribution in [0.15, 0.2) is 29.4 Å². The molecule has 26 heavy (non-hydrogen) atoms. The molecule has 1 atom stereocenters. The highest BCUT2D eigenvalue weighted by molar-refractivity contribution is 14.0. The largest absolute Gasteiger partial charge is 0.361 e. The molecular weight excluding hydrogens is 444 g/mol. The van der Waals surface area contributed by atoms with Gasteiger partial charge in [0.05, 0.1) is 0 Å². The number of nitrogens with one attached hydrogen (secondary N) is 3. The van der Waals surface area contributed by atoms with Gasteiger partial charge in [0.25, 0.3) is 0 Å². The van der Waals surface area contributed by atoms with Crippen molar-refractivity contribution in [1.29, 1.82) is 0 Å². The predicted octanol–water partition coefficient (Wildman–Crippen LogP) is 3.36. The van der Waals surface area contributed by atoms with Gasteiger partial charge in [-0.05, 0) is 50.2 Å². The highest BCUT2D eigenvalue weighted by Gasteiger charge is 2.10. The normalized spacial score (nSPS) is 12.9. The summed E-state index contributed by atoms with van der Waals surface area (Å²) in [7, 11) is 1.78. The third-order valence-electron chi connectivity index (χ3n) is 4.64. The van der Waals surface area contributed by atoms with E-state index in [9.17, 15) is 4.39 Å². The number of benzene rings is 1. The molecule has 0 aliphatic heterocycles. The average Bonchev–Trinajstić information content (AvgIpc) is 3.01. The zero-order chi connectivity index (χ0) is 18.2. The van der Waals surface area contributed by atoms with Gasteiger partial charge in [0.15, 0.2) is 5.96 Å². The Morgan fingerprint density at radius 3 is 2.65 bits per heavy atom. The SMILES string of the molecule is CCN(CC)C(C)CNC(=NC)NCCc1c[nH]c2cc(F)ccc12.I. The topological polar surface area (TPSA) is 55.4 Å². The molecule has 1 aromatic heterocycles. The Hall–Kier alpha value is -1.35. The van der Waals surface area contributed by atoms with Gasteiger partial charge in [-0.3, -0.25) is 9.89 Å². The molecule has 7 heteroatoms. The molecule has 0 amide bonds. The van der Waals surface area contributed by atoms with Crippen LogP contribution >= 0.6 is 24.0 Å². The van der Waals surface area contributed by atoms with Gasteiger partial charge in [-0.15, -0.1) is 24.0 Å². The Bertz CT molecular complexity index is 696. The lowest BCUT2D eigenvalue weighted by atomic mass is 10.1. The van der Waals surface area contributed by atoms with E-state index in [1.807, 2.05) is 12.3 Å². The number of rotatable bonds is 8. The molecule has 1 unspecified atom stereocenters. The molecule has 0 fully saturated rings. The molecule has 1 aromatic carbocycles. The first-order valence-electron chi connectivity index (χ1n) is 9.03. The fourth-order valence-corrected chi connectivity index (χ4v) is 3.12. The van der Waals surface area contributed by atoms with E-state index in [0.29, 0.717) is 6.04 Å². The van der Waals surface area contributed by atoms with Crippen molar-refractivity contribution in [2.75, 3.05) is 33.2 Å². The Morgan fingerprint density at radius 2 is 2.00 bits per heavy atom. The molecule has 146 valence electrons. The van der Waals surface area contributed by atoms with Crippen molar-refractivity contribution < 1.29 is 4.39 Å². The fourth-order valence-electron chi connectivity index (χ4n) is 3.12.